The molecule has 3 heteroatoms. The Balaban J connectivity index is 1.63. The monoisotopic (exact) mass is 378 g/mol. The second-order valence-corrected chi connectivity index (χ2v) is 8.35. The van der Waals surface area contributed by atoms with E-state index in [0.29, 0.717) is 5.92 Å². The summed E-state index contributed by atoms with van der Waals surface area (Å²) in [5.41, 5.74) is 1.97. The number of hydrogen-bond donors (Lipinski definition) is 2. The highest BCUT2D eigenvalue weighted by Crippen LogP contribution is 2.45. The van der Waals surface area contributed by atoms with E-state index < -0.39 is 5.60 Å². The molecule has 1 saturated carbocycles. The second-order valence-electron chi connectivity index (χ2n) is 8.35. The van der Waals surface area contributed by atoms with Gasteiger partial charge in [-0.25, -0.2) is 0 Å². The molecule has 1 aliphatic carbocycles. The summed E-state index contributed by atoms with van der Waals surface area (Å²) in [6.45, 7) is 1.96. The maximum absolute atomic E-state index is 11.4. The predicted molar refractivity (Wildman–Crippen MR) is 113 cm³/mol. The minimum absolute atomic E-state index is 0.274. The van der Waals surface area contributed by atoms with Gasteiger partial charge in [-0.2, -0.15) is 0 Å². The molecular weight excluding hydrogens is 346 g/mol. The van der Waals surface area contributed by atoms with Gasteiger partial charge < -0.3 is 14.7 Å². The summed E-state index contributed by atoms with van der Waals surface area (Å²) >= 11 is 0. The van der Waals surface area contributed by atoms with Crippen molar-refractivity contribution in [2.24, 2.45) is 5.92 Å². The van der Waals surface area contributed by atoms with E-state index in [1.807, 2.05) is 6.07 Å². The Kier molecular flexibility index (Phi) is 5.84. The summed E-state index contributed by atoms with van der Waals surface area (Å²) in [6.07, 6.45) is 9.81. The molecule has 2 aliphatic rings. The number of para-hydroxylation sites is 1. The number of benzene rings is 2. The molecule has 3 nitrogen and oxygen atoms in total. The summed E-state index contributed by atoms with van der Waals surface area (Å²) in [7, 11) is 1.75. The molecule has 0 aromatic heterocycles. The van der Waals surface area contributed by atoms with Crippen LogP contribution in [-0.2, 0) is 0 Å². The molecule has 1 heterocycles. The Labute approximate surface area is 168 Å². The van der Waals surface area contributed by atoms with Gasteiger partial charge in [0.15, 0.2) is 0 Å². The van der Waals surface area contributed by atoms with Crippen LogP contribution in [0.15, 0.2) is 60.7 Å². The smallest absolute Gasteiger partial charge is 0.128 e. The van der Waals surface area contributed by atoms with Crippen LogP contribution in [0.2, 0.25) is 0 Å². The Morgan fingerprint density at radius 1 is 1.07 bits per heavy atom. The van der Waals surface area contributed by atoms with Crippen molar-refractivity contribution in [2.75, 3.05) is 20.2 Å². The van der Waals surface area contributed by atoms with Gasteiger partial charge in [0.25, 0.3) is 0 Å². The van der Waals surface area contributed by atoms with Gasteiger partial charge >= 0.3 is 0 Å². The molecule has 4 rings (SSSR count). The van der Waals surface area contributed by atoms with Crippen LogP contribution >= 0.6 is 0 Å². The molecule has 28 heavy (non-hydrogen) atoms. The van der Waals surface area contributed by atoms with E-state index in [9.17, 15) is 5.11 Å². The van der Waals surface area contributed by atoms with Crippen LogP contribution in [0.3, 0.4) is 0 Å². The molecule has 0 bridgehead atoms. The molecule has 1 unspecified atom stereocenters. The van der Waals surface area contributed by atoms with E-state index in [-0.39, 0.29) is 6.04 Å². The van der Waals surface area contributed by atoms with Crippen molar-refractivity contribution in [3.63, 3.8) is 0 Å². The molecule has 1 aliphatic heterocycles. The second kappa shape index (κ2) is 8.50. The van der Waals surface area contributed by atoms with Gasteiger partial charge in [-0.1, -0.05) is 61.4 Å². The number of aliphatic hydroxyl groups is 1. The first-order chi connectivity index (χ1) is 13.7. The number of fused-ring (bicyclic) bond motifs is 1. The van der Waals surface area contributed by atoms with E-state index in [0.717, 1.165) is 44.5 Å². The predicted octanol–water partition coefficient (Wildman–Crippen LogP) is 3.66. The number of hydrogen-bond acceptors (Lipinski definition) is 2. The van der Waals surface area contributed by atoms with Crippen LogP contribution < -0.4 is 9.64 Å². The molecule has 0 radical (unpaired) electrons. The van der Waals surface area contributed by atoms with Crippen molar-refractivity contribution in [3.05, 3.63) is 71.8 Å². The SMILES string of the molecule is COc1ccccc1[C@H]1[C@@H]2CCCC[C@]2(O)CC[NH+]1C/C=C/c1ccccc1. The van der Waals surface area contributed by atoms with Crippen LogP contribution in [0, 0.1) is 5.92 Å². The van der Waals surface area contributed by atoms with Crippen LogP contribution in [0.5, 0.6) is 5.75 Å². The van der Waals surface area contributed by atoms with Gasteiger partial charge in [-0.15, -0.1) is 0 Å². The third kappa shape index (κ3) is 3.87. The number of ether oxygens (including phenoxy) is 1. The molecule has 4 atom stereocenters. The fraction of sp³-hybridized carbons (Fsp3) is 0.440. The number of nitrogens with one attached hydrogen (secondary N) is 1. The Morgan fingerprint density at radius 3 is 2.68 bits per heavy atom. The third-order valence-electron chi connectivity index (χ3n) is 6.75. The zero-order chi connectivity index (χ0) is 19.4. The highest BCUT2D eigenvalue weighted by Gasteiger charge is 2.51. The molecule has 0 amide bonds. The average Bonchev–Trinajstić information content (AvgIpc) is 2.74. The van der Waals surface area contributed by atoms with Gasteiger partial charge in [0.1, 0.15) is 11.8 Å². The topological polar surface area (TPSA) is 33.9 Å². The Hall–Kier alpha value is -2.10. The van der Waals surface area contributed by atoms with Crippen LogP contribution in [-0.4, -0.2) is 30.9 Å². The summed E-state index contributed by atoms with van der Waals surface area (Å²) in [6, 6.07) is 19.2. The number of rotatable bonds is 5. The van der Waals surface area contributed by atoms with Gasteiger partial charge in [0, 0.05) is 12.3 Å². The first kappa shape index (κ1) is 19.2. The third-order valence-corrected chi connectivity index (χ3v) is 6.75. The molecule has 148 valence electrons. The number of methoxy groups -OCH3 is 1. The lowest BCUT2D eigenvalue weighted by Crippen LogP contribution is -3.14. The Morgan fingerprint density at radius 2 is 1.86 bits per heavy atom. The molecule has 2 aromatic carbocycles. The minimum atomic E-state index is -0.517. The fourth-order valence-electron chi connectivity index (χ4n) is 5.35. The standard InChI is InChI=1S/C25H31NO2/c1-28-23-15-6-5-13-21(23)24-22-14-7-8-16-25(22,27)17-19-26(24)18-9-12-20-10-3-2-4-11-20/h2-6,9-13,15,22,24,27H,7-8,14,16-19H2,1H3/p+1/b12-9+/t22-,24-,25-/m0/s1. The number of likely N-dealkylation sites (tertiary alicyclic amines) is 1. The molecule has 0 spiro atoms. The minimum Gasteiger partial charge on any atom is -0.496 e. The maximum atomic E-state index is 11.4. The molecule has 2 aromatic rings. The van der Waals surface area contributed by atoms with Gasteiger partial charge in [-0.05, 0) is 36.6 Å². The van der Waals surface area contributed by atoms with E-state index in [1.54, 1.807) is 7.11 Å². The van der Waals surface area contributed by atoms with Crippen LogP contribution in [0.1, 0.15) is 49.3 Å². The van der Waals surface area contributed by atoms with Crippen LogP contribution in [0.4, 0.5) is 0 Å². The summed E-state index contributed by atoms with van der Waals surface area (Å²) in [5.74, 6) is 1.25. The largest absolute Gasteiger partial charge is 0.496 e. The van der Waals surface area contributed by atoms with Crippen molar-refractivity contribution in [3.8, 4) is 5.75 Å². The van der Waals surface area contributed by atoms with Crippen molar-refractivity contribution in [2.45, 2.75) is 43.7 Å². The quantitative estimate of drug-likeness (QED) is 0.833. The lowest BCUT2D eigenvalue weighted by molar-refractivity contribution is -0.939. The highest BCUT2D eigenvalue weighted by molar-refractivity contribution is 5.48. The maximum Gasteiger partial charge on any atom is 0.128 e. The van der Waals surface area contributed by atoms with Gasteiger partial charge in [-0.3, -0.25) is 0 Å². The van der Waals surface area contributed by atoms with E-state index in [1.165, 1.54) is 22.4 Å². The highest BCUT2D eigenvalue weighted by atomic mass is 16.5. The summed E-state index contributed by atoms with van der Waals surface area (Å²) in [5, 5.41) is 11.4. The first-order valence-corrected chi connectivity index (χ1v) is 10.6. The van der Waals surface area contributed by atoms with Crippen molar-refractivity contribution >= 4 is 6.08 Å². The number of piperidine rings is 1. The first-order valence-electron chi connectivity index (χ1n) is 10.6. The fourth-order valence-corrected chi connectivity index (χ4v) is 5.35. The average molecular weight is 379 g/mol. The van der Waals surface area contributed by atoms with Crippen LogP contribution in [0.25, 0.3) is 6.08 Å². The zero-order valence-electron chi connectivity index (χ0n) is 16.8. The van der Waals surface area contributed by atoms with Crippen molar-refractivity contribution < 1.29 is 14.7 Å². The lowest BCUT2D eigenvalue weighted by atomic mass is 9.66. The molecule has 2 fully saturated rings. The van der Waals surface area contributed by atoms with Gasteiger partial charge in [0.2, 0.25) is 0 Å². The van der Waals surface area contributed by atoms with E-state index in [4.69, 9.17) is 4.74 Å². The summed E-state index contributed by atoms with van der Waals surface area (Å²) in [4.78, 5) is 1.54. The molecular formula is C25H32NO2+. The normalized spacial score (nSPS) is 30.1. The van der Waals surface area contributed by atoms with Gasteiger partial charge in [0.05, 0.1) is 31.4 Å². The molecule has 1 saturated heterocycles. The van der Waals surface area contributed by atoms with Crippen molar-refractivity contribution in [1.82, 2.24) is 0 Å². The van der Waals surface area contributed by atoms with E-state index >= 15 is 0 Å². The Bertz CT molecular complexity index is 803. The van der Waals surface area contributed by atoms with Crippen molar-refractivity contribution in [1.29, 1.82) is 0 Å². The summed E-state index contributed by atoms with van der Waals surface area (Å²) < 4.78 is 5.72. The zero-order valence-corrected chi connectivity index (χ0v) is 16.8. The number of quaternary nitrogens is 1. The van der Waals surface area contributed by atoms with E-state index in [2.05, 4.69) is 60.7 Å². The molecule has 2 N–H and O–H groups in total. The lowest BCUT2D eigenvalue weighted by Gasteiger charge is -2.50.